The third kappa shape index (κ3) is 5.30. The van der Waals surface area contributed by atoms with E-state index in [1.54, 1.807) is 0 Å². The fourth-order valence-electron chi connectivity index (χ4n) is 2.89. The molecule has 1 aromatic rings. The zero-order chi connectivity index (χ0) is 13.8. The average Bonchev–Trinajstić information content (AvgIpc) is 2.40. The fourth-order valence-corrected chi connectivity index (χ4v) is 2.89. The third-order valence-electron chi connectivity index (χ3n) is 4.14. The predicted octanol–water partition coefficient (Wildman–Crippen LogP) is 4.06. The highest BCUT2D eigenvalue weighted by molar-refractivity contribution is 5.85. The van der Waals surface area contributed by atoms with Gasteiger partial charge in [0.25, 0.3) is 0 Å². The van der Waals surface area contributed by atoms with Crippen LogP contribution in [0, 0.1) is 13.8 Å². The van der Waals surface area contributed by atoms with Gasteiger partial charge in [0.2, 0.25) is 0 Å². The second-order valence-electron chi connectivity index (χ2n) is 5.75. The van der Waals surface area contributed by atoms with E-state index in [1.807, 2.05) is 0 Å². The minimum atomic E-state index is 0. The van der Waals surface area contributed by atoms with Crippen LogP contribution in [0.3, 0.4) is 0 Å². The Bertz CT molecular complexity index is 454. The quantitative estimate of drug-likeness (QED) is 0.837. The first kappa shape index (κ1) is 20.5. The van der Waals surface area contributed by atoms with E-state index in [2.05, 4.69) is 55.8 Å². The van der Waals surface area contributed by atoms with Gasteiger partial charge in [-0.25, -0.2) is 0 Å². The van der Waals surface area contributed by atoms with Gasteiger partial charge in [0.05, 0.1) is 0 Å². The van der Waals surface area contributed by atoms with Crippen molar-refractivity contribution in [3.05, 3.63) is 47.0 Å². The van der Waals surface area contributed by atoms with Gasteiger partial charge in [0, 0.05) is 32.2 Å². The highest BCUT2D eigenvalue weighted by Gasteiger charge is 2.23. The summed E-state index contributed by atoms with van der Waals surface area (Å²) in [7, 11) is 0. The number of piperazine rings is 1. The fraction of sp³-hybridized carbons (Fsp3) is 0.529. The van der Waals surface area contributed by atoms with Crippen LogP contribution in [0.1, 0.15) is 36.1 Å². The Labute approximate surface area is 141 Å². The first-order chi connectivity index (χ1) is 9.09. The molecule has 2 nitrogen and oxygen atoms in total. The normalized spacial score (nSPS) is 16.5. The Morgan fingerprint density at radius 1 is 1.24 bits per heavy atom. The van der Waals surface area contributed by atoms with Crippen molar-refractivity contribution in [2.45, 2.75) is 33.2 Å². The lowest BCUT2D eigenvalue weighted by Gasteiger charge is -2.36. The molecule has 1 aromatic carbocycles. The van der Waals surface area contributed by atoms with Crippen molar-refractivity contribution in [2.75, 3.05) is 26.2 Å². The molecule has 21 heavy (non-hydrogen) atoms. The van der Waals surface area contributed by atoms with Crippen LogP contribution in [0.15, 0.2) is 30.4 Å². The van der Waals surface area contributed by atoms with Crippen LogP contribution in [-0.2, 0) is 0 Å². The molecule has 0 saturated carbocycles. The summed E-state index contributed by atoms with van der Waals surface area (Å²) in [6, 6.07) is 7.16. The van der Waals surface area contributed by atoms with Gasteiger partial charge in [-0.05, 0) is 43.9 Å². The van der Waals surface area contributed by atoms with Crippen molar-refractivity contribution in [1.29, 1.82) is 0 Å². The Hall–Kier alpha value is -0.540. The maximum atomic E-state index is 4.13. The molecule has 0 aliphatic carbocycles. The van der Waals surface area contributed by atoms with Crippen LogP contribution in [-0.4, -0.2) is 31.1 Å². The lowest BCUT2D eigenvalue weighted by Crippen LogP contribution is -2.45. The van der Waals surface area contributed by atoms with Gasteiger partial charge in [-0.15, -0.1) is 31.4 Å². The molecule has 1 saturated heterocycles. The van der Waals surface area contributed by atoms with Crippen molar-refractivity contribution in [3.8, 4) is 0 Å². The number of nitrogens with one attached hydrogen (secondary N) is 1. The predicted molar refractivity (Wildman–Crippen MR) is 97.0 cm³/mol. The summed E-state index contributed by atoms with van der Waals surface area (Å²) in [5.74, 6) is 0. The monoisotopic (exact) mass is 330 g/mol. The second kappa shape index (κ2) is 9.47. The van der Waals surface area contributed by atoms with Crippen LogP contribution in [0.4, 0.5) is 0 Å². The molecule has 1 atom stereocenters. The summed E-state index contributed by atoms with van der Waals surface area (Å²) < 4.78 is 0. The van der Waals surface area contributed by atoms with Gasteiger partial charge in [0.1, 0.15) is 0 Å². The Balaban J connectivity index is 0.00000200. The molecule has 1 aliphatic heterocycles. The van der Waals surface area contributed by atoms with E-state index >= 15 is 0 Å². The Morgan fingerprint density at radius 2 is 1.86 bits per heavy atom. The van der Waals surface area contributed by atoms with Crippen molar-refractivity contribution < 1.29 is 0 Å². The number of benzene rings is 1. The van der Waals surface area contributed by atoms with E-state index < -0.39 is 0 Å². The van der Waals surface area contributed by atoms with Gasteiger partial charge in [-0.3, -0.25) is 4.90 Å². The smallest absolute Gasteiger partial charge is 0.0388 e. The summed E-state index contributed by atoms with van der Waals surface area (Å²) in [6.45, 7) is 15.2. The number of aryl methyl sites for hydroxylation is 1. The van der Waals surface area contributed by atoms with Crippen molar-refractivity contribution >= 4 is 24.8 Å². The molecule has 120 valence electrons. The number of rotatable bonds is 4. The SMILES string of the molecule is C=C(C)C[C@@H](c1cccc(C)c1C)N1CCNCC1.Cl.Cl. The molecule has 0 aromatic heterocycles. The third-order valence-corrected chi connectivity index (χ3v) is 4.14. The Morgan fingerprint density at radius 3 is 2.43 bits per heavy atom. The molecule has 1 N–H and O–H groups in total. The molecule has 0 spiro atoms. The van der Waals surface area contributed by atoms with E-state index in [4.69, 9.17) is 0 Å². The molecular formula is C17H28Cl2N2. The minimum absolute atomic E-state index is 0. The molecule has 1 heterocycles. The molecule has 4 heteroatoms. The van der Waals surface area contributed by atoms with Crippen LogP contribution in [0.5, 0.6) is 0 Å². The van der Waals surface area contributed by atoms with Gasteiger partial charge in [0.15, 0.2) is 0 Å². The molecule has 0 bridgehead atoms. The Kier molecular flexibility index (Phi) is 9.23. The summed E-state index contributed by atoms with van der Waals surface area (Å²) in [4.78, 5) is 2.60. The maximum absolute atomic E-state index is 4.13. The number of halogens is 2. The molecule has 0 amide bonds. The highest BCUT2D eigenvalue weighted by atomic mass is 35.5. The molecule has 1 fully saturated rings. The first-order valence-corrected chi connectivity index (χ1v) is 7.25. The average molecular weight is 331 g/mol. The summed E-state index contributed by atoms with van der Waals surface area (Å²) in [5.41, 5.74) is 5.57. The van der Waals surface area contributed by atoms with E-state index in [-0.39, 0.29) is 24.8 Å². The van der Waals surface area contributed by atoms with E-state index in [1.165, 1.54) is 22.3 Å². The number of hydrogen-bond acceptors (Lipinski definition) is 2. The number of hydrogen-bond donors (Lipinski definition) is 1. The molecule has 1 aliphatic rings. The first-order valence-electron chi connectivity index (χ1n) is 7.25. The minimum Gasteiger partial charge on any atom is -0.314 e. The maximum Gasteiger partial charge on any atom is 0.0388 e. The van der Waals surface area contributed by atoms with E-state index in [0.29, 0.717) is 6.04 Å². The topological polar surface area (TPSA) is 15.3 Å². The second-order valence-corrected chi connectivity index (χ2v) is 5.75. The molecule has 2 rings (SSSR count). The van der Waals surface area contributed by atoms with Crippen LogP contribution in [0.2, 0.25) is 0 Å². The standard InChI is InChI=1S/C17H26N2.2ClH/c1-13(2)12-17(19-10-8-18-9-11-19)16-7-5-6-14(3)15(16)4;;/h5-7,17-18H,1,8-12H2,2-4H3;2*1H/t17-;;/m0../s1. The van der Waals surface area contributed by atoms with Crippen molar-refractivity contribution in [3.63, 3.8) is 0 Å². The van der Waals surface area contributed by atoms with Crippen LogP contribution in [0.25, 0.3) is 0 Å². The van der Waals surface area contributed by atoms with Crippen LogP contribution < -0.4 is 5.32 Å². The van der Waals surface area contributed by atoms with Crippen molar-refractivity contribution in [2.24, 2.45) is 0 Å². The lowest BCUT2D eigenvalue weighted by atomic mass is 9.92. The van der Waals surface area contributed by atoms with Gasteiger partial charge in [-0.1, -0.05) is 23.8 Å². The van der Waals surface area contributed by atoms with Gasteiger partial charge in [-0.2, -0.15) is 0 Å². The summed E-state index contributed by atoms with van der Waals surface area (Å²) in [5, 5.41) is 3.44. The summed E-state index contributed by atoms with van der Waals surface area (Å²) in [6.07, 6.45) is 1.06. The van der Waals surface area contributed by atoms with Gasteiger partial charge < -0.3 is 5.32 Å². The summed E-state index contributed by atoms with van der Waals surface area (Å²) >= 11 is 0. The molecular weight excluding hydrogens is 303 g/mol. The van der Waals surface area contributed by atoms with Crippen LogP contribution >= 0.6 is 24.8 Å². The number of nitrogens with zero attached hydrogens (tertiary/aromatic N) is 1. The largest absolute Gasteiger partial charge is 0.314 e. The van der Waals surface area contributed by atoms with Gasteiger partial charge >= 0.3 is 0 Å². The molecule has 0 radical (unpaired) electrons. The van der Waals surface area contributed by atoms with E-state index in [9.17, 15) is 0 Å². The van der Waals surface area contributed by atoms with Crippen molar-refractivity contribution in [1.82, 2.24) is 10.2 Å². The zero-order valence-electron chi connectivity index (χ0n) is 13.3. The lowest BCUT2D eigenvalue weighted by molar-refractivity contribution is 0.172. The molecule has 0 unspecified atom stereocenters. The zero-order valence-corrected chi connectivity index (χ0v) is 14.9. The van der Waals surface area contributed by atoms with E-state index in [0.717, 1.165) is 32.6 Å². The highest BCUT2D eigenvalue weighted by Crippen LogP contribution is 2.30.